The van der Waals surface area contributed by atoms with Gasteiger partial charge < -0.3 is 5.32 Å². The van der Waals surface area contributed by atoms with Crippen molar-refractivity contribution in [3.8, 4) is 11.1 Å². The molecule has 2 heterocycles. The minimum Gasteiger partial charge on any atom is -0.362 e. The Morgan fingerprint density at radius 2 is 1.67 bits per heavy atom. The second-order valence-electron chi connectivity index (χ2n) is 4.82. The van der Waals surface area contributed by atoms with E-state index < -0.39 is 0 Å². The monoisotopic (exact) mass is 276 g/mol. The van der Waals surface area contributed by atoms with Crippen molar-refractivity contribution >= 4 is 5.82 Å². The summed E-state index contributed by atoms with van der Waals surface area (Å²) in [5.74, 6) is 0.779. The SMILES string of the molecule is CC(Nc1cnccn1)c1ccc(-c2cccnc2)cc1. The summed E-state index contributed by atoms with van der Waals surface area (Å²) in [5, 5.41) is 3.33. The fourth-order valence-corrected chi connectivity index (χ4v) is 2.18. The quantitative estimate of drug-likeness (QED) is 0.789. The van der Waals surface area contributed by atoms with Gasteiger partial charge in [-0.15, -0.1) is 0 Å². The molecular formula is C17H16N4. The first kappa shape index (κ1) is 13.2. The van der Waals surface area contributed by atoms with Gasteiger partial charge in [0.05, 0.1) is 6.20 Å². The van der Waals surface area contributed by atoms with E-state index in [9.17, 15) is 0 Å². The molecule has 104 valence electrons. The van der Waals surface area contributed by atoms with Gasteiger partial charge in [-0.1, -0.05) is 30.3 Å². The maximum absolute atomic E-state index is 4.23. The number of rotatable bonds is 4. The normalized spacial score (nSPS) is 11.9. The molecule has 0 spiro atoms. The first-order valence-corrected chi connectivity index (χ1v) is 6.86. The van der Waals surface area contributed by atoms with Crippen LogP contribution in [0.4, 0.5) is 5.82 Å². The van der Waals surface area contributed by atoms with Crippen LogP contribution in [0, 0.1) is 0 Å². The third-order valence-corrected chi connectivity index (χ3v) is 3.33. The van der Waals surface area contributed by atoms with Crippen molar-refractivity contribution in [3.05, 3.63) is 72.9 Å². The first-order valence-electron chi connectivity index (χ1n) is 6.86. The Balaban J connectivity index is 1.75. The van der Waals surface area contributed by atoms with E-state index in [1.54, 1.807) is 24.8 Å². The molecule has 1 unspecified atom stereocenters. The van der Waals surface area contributed by atoms with Crippen molar-refractivity contribution in [2.75, 3.05) is 5.32 Å². The maximum atomic E-state index is 4.23. The van der Waals surface area contributed by atoms with Gasteiger partial charge in [-0.05, 0) is 29.7 Å². The Kier molecular flexibility index (Phi) is 3.87. The number of benzene rings is 1. The Hall–Kier alpha value is -2.75. The number of anilines is 1. The molecule has 4 heteroatoms. The van der Waals surface area contributed by atoms with E-state index in [-0.39, 0.29) is 6.04 Å². The lowest BCUT2D eigenvalue weighted by Gasteiger charge is -2.15. The van der Waals surface area contributed by atoms with Crippen LogP contribution in [0.5, 0.6) is 0 Å². The molecule has 3 aromatic rings. The summed E-state index contributed by atoms with van der Waals surface area (Å²) < 4.78 is 0. The fourth-order valence-electron chi connectivity index (χ4n) is 2.18. The molecule has 1 atom stereocenters. The molecule has 4 nitrogen and oxygen atoms in total. The topological polar surface area (TPSA) is 50.7 Å². The summed E-state index contributed by atoms with van der Waals surface area (Å²) in [7, 11) is 0. The van der Waals surface area contributed by atoms with Gasteiger partial charge in [0, 0.05) is 30.8 Å². The van der Waals surface area contributed by atoms with E-state index in [0.717, 1.165) is 11.4 Å². The number of hydrogen-bond acceptors (Lipinski definition) is 4. The molecule has 0 radical (unpaired) electrons. The molecule has 0 bridgehead atoms. The van der Waals surface area contributed by atoms with Gasteiger partial charge in [0.15, 0.2) is 0 Å². The summed E-state index contributed by atoms with van der Waals surface area (Å²) in [5.41, 5.74) is 3.49. The molecule has 0 amide bonds. The minimum atomic E-state index is 0.171. The van der Waals surface area contributed by atoms with E-state index in [1.165, 1.54) is 11.1 Å². The number of aromatic nitrogens is 3. The average molecular weight is 276 g/mol. The van der Waals surface area contributed by atoms with Crippen molar-refractivity contribution in [1.29, 1.82) is 0 Å². The second-order valence-corrected chi connectivity index (χ2v) is 4.82. The molecule has 1 aromatic carbocycles. The molecule has 0 aliphatic heterocycles. The lowest BCUT2D eigenvalue weighted by atomic mass is 10.0. The van der Waals surface area contributed by atoms with Crippen LogP contribution < -0.4 is 5.32 Å². The van der Waals surface area contributed by atoms with Crippen molar-refractivity contribution in [3.63, 3.8) is 0 Å². The van der Waals surface area contributed by atoms with Crippen LogP contribution in [0.2, 0.25) is 0 Å². The molecule has 21 heavy (non-hydrogen) atoms. The van der Waals surface area contributed by atoms with Gasteiger partial charge in [-0.25, -0.2) is 4.98 Å². The Labute approximate surface area is 123 Å². The molecule has 0 aliphatic carbocycles. The first-order chi connectivity index (χ1) is 10.3. The van der Waals surface area contributed by atoms with Crippen molar-refractivity contribution < 1.29 is 0 Å². The molecule has 3 rings (SSSR count). The lowest BCUT2D eigenvalue weighted by molar-refractivity contribution is 0.871. The number of nitrogens with zero attached hydrogens (tertiary/aromatic N) is 3. The van der Waals surface area contributed by atoms with E-state index in [1.807, 2.05) is 12.3 Å². The van der Waals surface area contributed by atoms with Crippen LogP contribution in [0.1, 0.15) is 18.5 Å². The zero-order valence-corrected chi connectivity index (χ0v) is 11.8. The Morgan fingerprint density at radius 3 is 2.33 bits per heavy atom. The van der Waals surface area contributed by atoms with Gasteiger partial charge in [0.25, 0.3) is 0 Å². The predicted molar refractivity (Wildman–Crippen MR) is 83.7 cm³/mol. The van der Waals surface area contributed by atoms with Crippen LogP contribution >= 0.6 is 0 Å². The van der Waals surface area contributed by atoms with E-state index in [2.05, 4.69) is 57.5 Å². The summed E-state index contributed by atoms with van der Waals surface area (Å²) in [4.78, 5) is 12.4. The number of pyridine rings is 1. The average Bonchev–Trinajstić information content (AvgIpc) is 2.57. The van der Waals surface area contributed by atoms with Crippen LogP contribution in [-0.4, -0.2) is 15.0 Å². The molecule has 2 aromatic heterocycles. The van der Waals surface area contributed by atoms with Crippen molar-refractivity contribution in [2.45, 2.75) is 13.0 Å². The molecule has 1 N–H and O–H groups in total. The van der Waals surface area contributed by atoms with E-state index >= 15 is 0 Å². The standard InChI is InChI=1S/C17H16N4/c1-13(21-17-12-19-9-10-20-17)14-4-6-15(7-5-14)16-3-2-8-18-11-16/h2-13H,1H3,(H,20,21). The van der Waals surface area contributed by atoms with Gasteiger partial charge in [-0.3, -0.25) is 9.97 Å². The zero-order chi connectivity index (χ0) is 14.5. The van der Waals surface area contributed by atoms with Gasteiger partial charge in [0.1, 0.15) is 5.82 Å². The highest BCUT2D eigenvalue weighted by atomic mass is 15.0. The summed E-state index contributed by atoms with van der Waals surface area (Å²) in [6.07, 6.45) is 8.72. The summed E-state index contributed by atoms with van der Waals surface area (Å²) >= 11 is 0. The second kappa shape index (κ2) is 6.13. The Morgan fingerprint density at radius 1 is 0.857 bits per heavy atom. The van der Waals surface area contributed by atoms with Crippen LogP contribution in [0.15, 0.2) is 67.4 Å². The highest BCUT2D eigenvalue weighted by Crippen LogP contribution is 2.22. The Bertz CT molecular complexity index is 681. The minimum absolute atomic E-state index is 0.171. The van der Waals surface area contributed by atoms with Gasteiger partial charge >= 0.3 is 0 Å². The number of hydrogen-bond donors (Lipinski definition) is 1. The predicted octanol–water partition coefficient (Wildman–Crippen LogP) is 3.71. The van der Waals surface area contributed by atoms with Crippen LogP contribution in [0.3, 0.4) is 0 Å². The lowest BCUT2D eigenvalue weighted by Crippen LogP contribution is -2.07. The molecule has 0 saturated heterocycles. The highest BCUT2D eigenvalue weighted by Gasteiger charge is 2.06. The number of nitrogens with one attached hydrogen (secondary N) is 1. The van der Waals surface area contributed by atoms with Crippen LogP contribution in [0.25, 0.3) is 11.1 Å². The van der Waals surface area contributed by atoms with Crippen molar-refractivity contribution in [1.82, 2.24) is 15.0 Å². The summed E-state index contributed by atoms with van der Waals surface area (Å²) in [6, 6.07) is 12.6. The highest BCUT2D eigenvalue weighted by molar-refractivity contribution is 5.62. The van der Waals surface area contributed by atoms with E-state index in [0.29, 0.717) is 0 Å². The zero-order valence-electron chi connectivity index (χ0n) is 11.8. The van der Waals surface area contributed by atoms with Crippen molar-refractivity contribution in [2.24, 2.45) is 0 Å². The van der Waals surface area contributed by atoms with Crippen LogP contribution in [-0.2, 0) is 0 Å². The van der Waals surface area contributed by atoms with Gasteiger partial charge in [-0.2, -0.15) is 0 Å². The third-order valence-electron chi connectivity index (χ3n) is 3.33. The molecule has 0 fully saturated rings. The summed E-state index contributed by atoms with van der Waals surface area (Å²) in [6.45, 7) is 2.10. The smallest absolute Gasteiger partial charge is 0.144 e. The van der Waals surface area contributed by atoms with E-state index in [4.69, 9.17) is 0 Å². The largest absolute Gasteiger partial charge is 0.362 e. The fraction of sp³-hybridized carbons (Fsp3) is 0.118. The third kappa shape index (κ3) is 3.23. The molecule has 0 aliphatic rings. The maximum Gasteiger partial charge on any atom is 0.144 e. The molecule has 0 saturated carbocycles. The molecular weight excluding hydrogens is 260 g/mol. The van der Waals surface area contributed by atoms with Gasteiger partial charge in [0.2, 0.25) is 0 Å².